The van der Waals surface area contributed by atoms with E-state index in [9.17, 15) is 19.2 Å². The van der Waals surface area contributed by atoms with Crippen LogP contribution in [0.3, 0.4) is 0 Å². The van der Waals surface area contributed by atoms with Crippen molar-refractivity contribution < 1.29 is 29.0 Å². The van der Waals surface area contributed by atoms with Crippen molar-refractivity contribution >= 4 is 35.3 Å². The van der Waals surface area contributed by atoms with E-state index in [-0.39, 0.29) is 31.3 Å². The van der Waals surface area contributed by atoms with Crippen LogP contribution in [0.5, 0.6) is 0 Å². The van der Waals surface area contributed by atoms with Crippen LogP contribution in [-0.4, -0.2) is 40.7 Å². The lowest BCUT2D eigenvalue weighted by atomic mass is 9.94. The number of hydrazone groups is 1. The van der Waals surface area contributed by atoms with Crippen molar-refractivity contribution in [1.82, 2.24) is 10.7 Å². The molecule has 178 valence electrons. The summed E-state index contributed by atoms with van der Waals surface area (Å²) in [5, 5.41) is 18.2. The average molecular weight is 466 g/mol. The monoisotopic (exact) mass is 466 g/mol. The van der Waals surface area contributed by atoms with Crippen LogP contribution in [0.4, 0.5) is 10.5 Å². The van der Waals surface area contributed by atoms with Gasteiger partial charge < -0.3 is 20.5 Å². The summed E-state index contributed by atoms with van der Waals surface area (Å²) in [7, 11) is 0. The molecule has 0 saturated heterocycles. The fourth-order valence-corrected chi connectivity index (χ4v) is 3.40. The molecule has 0 bridgehead atoms. The van der Waals surface area contributed by atoms with Gasteiger partial charge in [-0.05, 0) is 29.7 Å². The maximum absolute atomic E-state index is 12.8. The Balaban J connectivity index is 1.61. The number of rotatable bonds is 9. The molecule has 2 atom stereocenters. The summed E-state index contributed by atoms with van der Waals surface area (Å²) in [5.41, 5.74) is 5.24. The van der Waals surface area contributed by atoms with E-state index in [1.54, 1.807) is 36.4 Å². The van der Waals surface area contributed by atoms with Gasteiger partial charge in [0.05, 0.1) is 5.71 Å². The van der Waals surface area contributed by atoms with Crippen LogP contribution in [0.15, 0.2) is 59.7 Å². The molecule has 2 aromatic carbocycles. The van der Waals surface area contributed by atoms with Crippen LogP contribution in [0.2, 0.25) is 0 Å². The summed E-state index contributed by atoms with van der Waals surface area (Å²) in [4.78, 5) is 47.4. The van der Waals surface area contributed by atoms with Crippen LogP contribution in [0.1, 0.15) is 37.3 Å². The predicted molar refractivity (Wildman–Crippen MR) is 124 cm³/mol. The second kappa shape index (κ2) is 11.6. The lowest BCUT2D eigenvalue weighted by Gasteiger charge is -2.20. The molecule has 1 unspecified atom stereocenters. The molecule has 2 aromatic rings. The Labute approximate surface area is 196 Å². The van der Waals surface area contributed by atoms with E-state index in [0.29, 0.717) is 12.1 Å². The number of nitrogens with one attached hydrogen (secondary N) is 3. The fourth-order valence-electron chi connectivity index (χ4n) is 3.40. The number of carbonyl (C=O) groups excluding carboxylic acids is 3. The molecule has 3 rings (SSSR count). The number of nitrogens with zero attached hydrogens (tertiary/aromatic N) is 1. The average Bonchev–Trinajstić information content (AvgIpc) is 2.81. The molecule has 0 fully saturated rings. The van der Waals surface area contributed by atoms with Crippen molar-refractivity contribution in [2.24, 2.45) is 11.0 Å². The number of carboxylic acids is 1. The maximum atomic E-state index is 12.8. The van der Waals surface area contributed by atoms with E-state index in [2.05, 4.69) is 21.2 Å². The standard InChI is InChI=1S/C24H26N4O6/c1-15-13-20(29)27-28-22(15)17-7-9-18(10-8-17)25-23(32)19(11-12-21(30)31)26-24(33)34-14-16-5-3-2-4-6-16/h2-10,15,19H,11-14H2,1H3,(H,25,32)(H,26,33)(H,27,29)(H,30,31)/t15?,19-/m0/s1. The van der Waals surface area contributed by atoms with Gasteiger partial charge >= 0.3 is 12.1 Å². The minimum atomic E-state index is -1.10. The first-order valence-corrected chi connectivity index (χ1v) is 10.8. The fraction of sp³-hybridized carbons (Fsp3) is 0.292. The van der Waals surface area contributed by atoms with Crippen molar-refractivity contribution in [2.45, 2.75) is 38.8 Å². The normalized spacial score (nSPS) is 16.0. The summed E-state index contributed by atoms with van der Waals surface area (Å²) < 4.78 is 5.15. The third kappa shape index (κ3) is 7.16. The lowest BCUT2D eigenvalue weighted by molar-refractivity contribution is -0.137. The first kappa shape index (κ1) is 24.4. The van der Waals surface area contributed by atoms with Gasteiger partial charge in [-0.2, -0.15) is 5.10 Å². The molecule has 4 N–H and O–H groups in total. The number of benzene rings is 2. The molecule has 1 heterocycles. The Morgan fingerprint density at radius 1 is 1.15 bits per heavy atom. The van der Waals surface area contributed by atoms with Crippen LogP contribution in [0.25, 0.3) is 0 Å². The van der Waals surface area contributed by atoms with Crippen molar-refractivity contribution in [3.8, 4) is 0 Å². The second-order valence-electron chi connectivity index (χ2n) is 7.89. The SMILES string of the molecule is CC1CC(=O)NN=C1c1ccc(NC(=O)[C@H](CCC(=O)O)NC(=O)OCc2ccccc2)cc1. The van der Waals surface area contributed by atoms with Crippen molar-refractivity contribution in [2.75, 3.05) is 5.32 Å². The number of amides is 3. The van der Waals surface area contributed by atoms with Crippen molar-refractivity contribution in [1.29, 1.82) is 0 Å². The number of carbonyl (C=O) groups is 4. The zero-order valence-electron chi connectivity index (χ0n) is 18.6. The Kier molecular flexibility index (Phi) is 8.33. The van der Waals surface area contributed by atoms with Gasteiger partial charge in [-0.15, -0.1) is 0 Å². The highest BCUT2D eigenvalue weighted by Crippen LogP contribution is 2.19. The van der Waals surface area contributed by atoms with Gasteiger partial charge in [-0.3, -0.25) is 14.4 Å². The lowest BCUT2D eigenvalue weighted by Crippen LogP contribution is -2.44. The molecular weight excluding hydrogens is 440 g/mol. The molecule has 10 heteroatoms. The molecule has 3 amide bonds. The summed E-state index contributed by atoms with van der Waals surface area (Å²) in [6, 6.07) is 14.8. The molecule has 1 aliphatic heterocycles. The number of aliphatic carboxylic acids is 1. The molecule has 1 aliphatic rings. The van der Waals surface area contributed by atoms with Gasteiger partial charge in [-0.25, -0.2) is 10.2 Å². The Bertz CT molecular complexity index is 1070. The van der Waals surface area contributed by atoms with Crippen LogP contribution < -0.4 is 16.1 Å². The van der Waals surface area contributed by atoms with Crippen LogP contribution in [-0.2, 0) is 25.7 Å². The van der Waals surface area contributed by atoms with Crippen LogP contribution >= 0.6 is 0 Å². The van der Waals surface area contributed by atoms with E-state index >= 15 is 0 Å². The summed E-state index contributed by atoms with van der Waals surface area (Å²) in [5.74, 6) is -1.83. The van der Waals surface area contributed by atoms with Crippen molar-refractivity contribution in [3.63, 3.8) is 0 Å². The molecule has 0 aromatic heterocycles. The second-order valence-corrected chi connectivity index (χ2v) is 7.89. The predicted octanol–water partition coefficient (Wildman–Crippen LogP) is 2.65. The van der Waals surface area contributed by atoms with E-state index in [0.717, 1.165) is 16.8 Å². The number of anilines is 1. The Morgan fingerprint density at radius 2 is 1.85 bits per heavy atom. The number of ether oxygens (including phenoxy) is 1. The first-order valence-electron chi connectivity index (χ1n) is 10.8. The molecular formula is C24H26N4O6. The number of alkyl carbamates (subject to hydrolysis) is 1. The van der Waals surface area contributed by atoms with Gasteiger partial charge in [-0.1, -0.05) is 49.4 Å². The minimum absolute atomic E-state index is 0.0180. The zero-order valence-corrected chi connectivity index (χ0v) is 18.6. The Morgan fingerprint density at radius 3 is 2.50 bits per heavy atom. The molecule has 0 aliphatic carbocycles. The maximum Gasteiger partial charge on any atom is 0.408 e. The minimum Gasteiger partial charge on any atom is -0.481 e. The first-order chi connectivity index (χ1) is 16.3. The molecule has 0 saturated carbocycles. The van der Waals surface area contributed by atoms with Gasteiger partial charge in [0, 0.05) is 24.4 Å². The Hall–Kier alpha value is -4.21. The highest BCUT2D eigenvalue weighted by atomic mass is 16.5. The zero-order chi connectivity index (χ0) is 24.5. The molecule has 10 nitrogen and oxygen atoms in total. The number of hydrogen-bond donors (Lipinski definition) is 4. The van der Waals surface area contributed by atoms with Crippen molar-refractivity contribution in [3.05, 3.63) is 65.7 Å². The van der Waals surface area contributed by atoms with Crippen LogP contribution in [0, 0.1) is 5.92 Å². The smallest absolute Gasteiger partial charge is 0.408 e. The summed E-state index contributed by atoms with van der Waals surface area (Å²) in [6.07, 6.45) is -0.891. The van der Waals surface area contributed by atoms with E-state index in [4.69, 9.17) is 9.84 Å². The summed E-state index contributed by atoms with van der Waals surface area (Å²) in [6.45, 7) is 1.92. The summed E-state index contributed by atoms with van der Waals surface area (Å²) >= 11 is 0. The molecule has 34 heavy (non-hydrogen) atoms. The molecule has 0 radical (unpaired) electrons. The number of carboxylic acid groups (broad SMARTS) is 1. The molecule has 0 spiro atoms. The highest BCUT2D eigenvalue weighted by molar-refractivity contribution is 6.06. The third-order valence-corrected chi connectivity index (χ3v) is 5.18. The topological polar surface area (TPSA) is 146 Å². The van der Waals surface area contributed by atoms with Gasteiger partial charge in [0.15, 0.2) is 0 Å². The third-order valence-electron chi connectivity index (χ3n) is 5.18. The van der Waals surface area contributed by atoms with Gasteiger partial charge in [0.2, 0.25) is 11.8 Å². The number of hydrogen-bond acceptors (Lipinski definition) is 6. The largest absolute Gasteiger partial charge is 0.481 e. The van der Waals surface area contributed by atoms with E-state index in [1.807, 2.05) is 25.1 Å². The highest BCUT2D eigenvalue weighted by Gasteiger charge is 2.24. The van der Waals surface area contributed by atoms with Gasteiger partial charge in [0.25, 0.3) is 0 Å². The van der Waals surface area contributed by atoms with E-state index < -0.39 is 24.0 Å². The van der Waals surface area contributed by atoms with E-state index in [1.165, 1.54) is 0 Å². The quantitative estimate of drug-likeness (QED) is 0.447. The van der Waals surface area contributed by atoms with Gasteiger partial charge in [0.1, 0.15) is 12.6 Å².